The molecule has 0 saturated carbocycles. The number of ether oxygens (including phenoxy) is 1. The summed E-state index contributed by atoms with van der Waals surface area (Å²) in [5, 5.41) is 6.83. The lowest BCUT2D eigenvalue weighted by molar-refractivity contribution is -0.0165. The van der Waals surface area contributed by atoms with E-state index in [1.54, 1.807) is 0 Å². The quantitative estimate of drug-likeness (QED) is 0.732. The Morgan fingerprint density at radius 1 is 1.29 bits per heavy atom. The van der Waals surface area contributed by atoms with Gasteiger partial charge in [-0.1, -0.05) is 0 Å². The SMILES string of the molecule is CC1(CC2CCNCC2)NCCO1.Cl. The van der Waals surface area contributed by atoms with E-state index in [9.17, 15) is 0 Å². The van der Waals surface area contributed by atoms with Crippen molar-refractivity contribution in [2.45, 2.75) is 31.9 Å². The smallest absolute Gasteiger partial charge is 0.116 e. The molecule has 0 aromatic heterocycles. The van der Waals surface area contributed by atoms with Gasteiger partial charge in [0.05, 0.1) is 6.61 Å². The predicted molar refractivity (Wildman–Crippen MR) is 59.8 cm³/mol. The zero-order chi connectivity index (χ0) is 9.15. The normalized spacial score (nSPS) is 34.1. The molecule has 0 aliphatic carbocycles. The van der Waals surface area contributed by atoms with Gasteiger partial charge in [0.25, 0.3) is 0 Å². The lowest BCUT2D eigenvalue weighted by Gasteiger charge is -2.31. The summed E-state index contributed by atoms with van der Waals surface area (Å²) >= 11 is 0. The lowest BCUT2D eigenvalue weighted by atomic mass is 9.90. The van der Waals surface area contributed by atoms with Crippen LogP contribution in [0.25, 0.3) is 0 Å². The van der Waals surface area contributed by atoms with E-state index in [2.05, 4.69) is 17.6 Å². The van der Waals surface area contributed by atoms with Gasteiger partial charge in [0.15, 0.2) is 0 Å². The standard InChI is InChI=1S/C10H20N2O.ClH/c1-10(12-6-7-13-10)8-9-2-4-11-5-3-9;/h9,11-12H,2-8H2,1H3;1H. The Morgan fingerprint density at radius 2 is 2.00 bits per heavy atom. The van der Waals surface area contributed by atoms with Gasteiger partial charge in [0.1, 0.15) is 5.72 Å². The number of piperidine rings is 1. The van der Waals surface area contributed by atoms with Gasteiger partial charge < -0.3 is 10.1 Å². The highest BCUT2D eigenvalue weighted by Crippen LogP contribution is 2.26. The van der Waals surface area contributed by atoms with Crippen molar-refractivity contribution in [2.75, 3.05) is 26.2 Å². The van der Waals surface area contributed by atoms with Crippen LogP contribution in [0.15, 0.2) is 0 Å². The molecule has 0 spiro atoms. The molecular formula is C10H21ClN2O. The summed E-state index contributed by atoms with van der Waals surface area (Å²) in [5.74, 6) is 0.844. The van der Waals surface area contributed by atoms with Gasteiger partial charge in [-0.25, -0.2) is 0 Å². The first kappa shape index (κ1) is 12.2. The molecule has 2 aliphatic rings. The molecule has 1 unspecified atom stereocenters. The summed E-state index contributed by atoms with van der Waals surface area (Å²) in [6.45, 7) is 6.44. The summed E-state index contributed by atoms with van der Waals surface area (Å²) < 4.78 is 5.71. The van der Waals surface area contributed by atoms with E-state index in [0.29, 0.717) is 0 Å². The van der Waals surface area contributed by atoms with E-state index in [1.807, 2.05) is 0 Å². The summed E-state index contributed by atoms with van der Waals surface area (Å²) in [7, 11) is 0. The highest BCUT2D eigenvalue weighted by molar-refractivity contribution is 5.85. The van der Waals surface area contributed by atoms with Crippen LogP contribution in [-0.4, -0.2) is 32.0 Å². The van der Waals surface area contributed by atoms with E-state index in [4.69, 9.17) is 4.74 Å². The van der Waals surface area contributed by atoms with Gasteiger partial charge in [-0.2, -0.15) is 0 Å². The minimum absolute atomic E-state index is 0. The predicted octanol–water partition coefficient (Wildman–Crippen LogP) is 1.13. The molecule has 0 aromatic carbocycles. The molecule has 0 radical (unpaired) electrons. The molecule has 0 amide bonds. The maximum absolute atomic E-state index is 5.71. The molecule has 14 heavy (non-hydrogen) atoms. The van der Waals surface area contributed by atoms with Crippen LogP contribution < -0.4 is 10.6 Å². The average Bonchev–Trinajstić information content (AvgIpc) is 2.54. The van der Waals surface area contributed by atoms with Crippen molar-refractivity contribution in [3.8, 4) is 0 Å². The Labute approximate surface area is 92.4 Å². The fourth-order valence-electron chi connectivity index (χ4n) is 2.41. The van der Waals surface area contributed by atoms with Crippen molar-refractivity contribution in [1.82, 2.24) is 10.6 Å². The number of nitrogens with one attached hydrogen (secondary N) is 2. The van der Waals surface area contributed by atoms with Crippen LogP contribution in [0.4, 0.5) is 0 Å². The van der Waals surface area contributed by atoms with Gasteiger partial charge in [-0.05, 0) is 45.2 Å². The molecular weight excluding hydrogens is 200 g/mol. The van der Waals surface area contributed by atoms with E-state index in [-0.39, 0.29) is 18.1 Å². The van der Waals surface area contributed by atoms with E-state index in [0.717, 1.165) is 19.1 Å². The van der Waals surface area contributed by atoms with Crippen LogP contribution >= 0.6 is 12.4 Å². The van der Waals surface area contributed by atoms with Crippen molar-refractivity contribution in [3.05, 3.63) is 0 Å². The molecule has 2 fully saturated rings. The van der Waals surface area contributed by atoms with Crippen molar-refractivity contribution >= 4 is 12.4 Å². The van der Waals surface area contributed by atoms with Gasteiger partial charge in [-0.15, -0.1) is 12.4 Å². The Bertz CT molecular complexity index is 166. The van der Waals surface area contributed by atoms with E-state index in [1.165, 1.54) is 32.4 Å². The third kappa shape index (κ3) is 3.09. The summed E-state index contributed by atoms with van der Waals surface area (Å²) in [5.41, 5.74) is -0.0258. The zero-order valence-corrected chi connectivity index (χ0v) is 9.66. The van der Waals surface area contributed by atoms with Crippen molar-refractivity contribution in [3.63, 3.8) is 0 Å². The minimum atomic E-state index is -0.0258. The third-order valence-corrected chi connectivity index (χ3v) is 3.16. The average molecular weight is 221 g/mol. The fourth-order valence-corrected chi connectivity index (χ4v) is 2.41. The molecule has 2 N–H and O–H groups in total. The second-order valence-electron chi connectivity index (χ2n) is 4.40. The Balaban J connectivity index is 0.000000980. The van der Waals surface area contributed by atoms with Gasteiger partial charge in [0.2, 0.25) is 0 Å². The summed E-state index contributed by atoms with van der Waals surface area (Å²) in [6, 6.07) is 0. The topological polar surface area (TPSA) is 33.3 Å². The molecule has 4 heteroatoms. The highest BCUT2D eigenvalue weighted by atomic mass is 35.5. The third-order valence-electron chi connectivity index (χ3n) is 3.16. The number of hydrogen-bond donors (Lipinski definition) is 2. The Hall–Kier alpha value is 0.170. The first-order valence-electron chi connectivity index (χ1n) is 5.38. The van der Waals surface area contributed by atoms with Crippen LogP contribution in [0.2, 0.25) is 0 Å². The van der Waals surface area contributed by atoms with Crippen molar-refractivity contribution in [1.29, 1.82) is 0 Å². The molecule has 2 saturated heterocycles. The van der Waals surface area contributed by atoms with Gasteiger partial charge in [-0.3, -0.25) is 5.32 Å². The van der Waals surface area contributed by atoms with Crippen LogP contribution in [0.5, 0.6) is 0 Å². The Kier molecular flexibility index (Phi) is 4.64. The molecule has 84 valence electrons. The Morgan fingerprint density at radius 3 is 2.57 bits per heavy atom. The highest BCUT2D eigenvalue weighted by Gasteiger charge is 2.32. The minimum Gasteiger partial charge on any atom is -0.360 e. The van der Waals surface area contributed by atoms with Gasteiger partial charge in [0, 0.05) is 6.54 Å². The molecule has 0 aromatic rings. The second-order valence-corrected chi connectivity index (χ2v) is 4.40. The zero-order valence-electron chi connectivity index (χ0n) is 8.84. The largest absolute Gasteiger partial charge is 0.360 e. The lowest BCUT2D eigenvalue weighted by Crippen LogP contribution is -2.41. The van der Waals surface area contributed by atoms with E-state index >= 15 is 0 Å². The van der Waals surface area contributed by atoms with Crippen molar-refractivity contribution < 1.29 is 4.74 Å². The first-order chi connectivity index (χ1) is 6.29. The molecule has 2 rings (SSSR count). The molecule has 2 aliphatic heterocycles. The molecule has 3 nitrogen and oxygen atoms in total. The summed E-state index contributed by atoms with van der Waals surface area (Å²) in [4.78, 5) is 0. The summed E-state index contributed by atoms with van der Waals surface area (Å²) in [6.07, 6.45) is 3.79. The maximum Gasteiger partial charge on any atom is 0.116 e. The van der Waals surface area contributed by atoms with Crippen molar-refractivity contribution in [2.24, 2.45) is 5.92 Å². The number of halogens is 1. The molecule has 0 bridgehead atoms. The van der Waals surface area contributed by atoms with Crippen LogP contribution in [-0.2, 0) is 4.74 Å². The van der Waals surface area contributed by atoms with Gasteiger partial charge >= 0.3 is 0 Å². The van der Waals surface area contributed by atoms with Crippen LogP contribution in [0.1, 0.15) is 26.2 Å². The fraction of sp³-hybridized carbons (Fsp3) is 1.00. The molecule has 1 atom stereocenters. The maximum atomic E-state index is 5.71. The first-order valence-corrected chi connectivity index (χ1v) is 5.38. The number of hydrogen-bond acceptors (Lipinski definition) is 3. The molecule has 2 heterocycles. The van der Waals surface area contributed by atoms with Crippen LogP contribution in [0.3, 0.4) is 0 Å². The second kappa shape index (κ2) is 5.31. The van der Waals surface area contributed by atoms with E-state index < -0.39 is 0 Å². The monoisotopic (exact) mass is 220 g/mol. The number of rotatable bonds is 2. The van der Waals surface area contributed by atoms with Crippen LogP contribution in [0, 0.1) is 5.92 Å².